The van der Waals surface area contributed by atoms with Gasteiger partial charge in [0, 0.05) is 12.2 Å². The van der Waals surface area contributed by atoms with Gasteiger partial charge in [0.2, 0.25) is 0 Å². The summed E-state index contributed by atoms with van der Waals surface area (Å²) in [5, 5.41) is 3.28. The van der Waals surface area contributed by atoms with E-state index in [-0.39, 0.29) is 6.17 Å². The molecule has 72 valence electrons. The SMILES string of the molecule is Cc1ccccc1NCCC(N)N. The Kier molecular flexibility index (Phi) is 3.73. The van der Waals surface area contributed by atoms with Crippen LogP contribution in [0, 0.1) is 6.92 Å². The van der Waals surface area contributed by atoms with Crippen LogP contribution in [0.25, 0.3) is 0 Å². The maximum Gasteiger partial charge on any atom is 0.0537 e. The van der Waals surface area contributed by atoms with E-state index in [1.165, 1.54) is 5.56 Å². The van der Waals surface area contributed by atoms with Crippen LogP contribution in [-0.2, 0) is 0 Å². The first kappa shape index (κ1) is 10.0. The molecular formula is C10H17N3. The van der Waals surface area contributed by atoms with Gasteiger partial charge < -0.3 is 16.8 Å². The molecule has 0 saturated heterocycles. The summed E-state index contributed by atoms with van der Waals surface area (Å²) < 4.78 is 0. The lowest BCUT2D eigenvalue weighted by Gasteiger charge is -2.10. The second-order valence-electron chi connectivity index (χ2n) is 3.19. The van der Waals surface area contributed by atoms with Gasteiger partial charge in [0.15, 0.2) is 0 Å². The van der Waals surface area contributed by atoms with Crippen molar-refractivity contribution in [1.82, 2.24) is 0 Å². The summed E-state index contributed by atoms with van der Waals surface area (Å²) in [6.07, 6.45) is 0.561. The lowest BCUT2D eigenvalue weighted by atomic mass is 10.2. The van der Waals surface area contributed by atoms with E-state index in [0.717, 1.165) is 18.7 Å². The van der Waals surface area contributed by atoms with E-state index in [4.69, 9.17) is 11.5 Å². The van der Waals surface area contributed by atoms with Crippen LogP contribution in [0.5, 0.6) is 0 Å². The quantitative estimate of drug-likeness (QED) is 0.605. The third kappa shape index (κ3) is 3.44. The first-order valence-corrected chi connectivity index (χ1v) is 4.51. The number of hydrogen-bond donors (Lipinski definition) is 3. The fourth-order valence-corrected chi connectivity index (χ4v) is 1.14. The van der Waals surface area contributed by atoms with E-state index in [1.54, 1.807) is 0 Å². The van der Waals surface area contributed by atoms with Crippen molar-refractivity contribution in [3.05, 3.63) is 29.8 Å². The molecule has 0 aliphatic heterocycles. The molecule has 3 nitrogen and oxygen atoms in total. The minimum atomic E-state index is -0.225. The molecule has 13 heavy (non-hydrogen) atoms. The number of benzene rings is 1. The smallest absolute Gasteiger partial charge is 0.0537 e. The van der Waals surface area contributed by atoms with Gasteiger partial charge in [0.1, 0.15) is 0 Å². The molecule has 0 fully saturated rings. The molecule has 1 rings (SSSR count). The number of nitrogens with two attached hydrogens (primary N) is 2. The van der Waals surface area contributed by atoms with E-state index in [0.29, 0.717) is 0 Å². The molecule has 0 unspecified atom stereocenters. The van der Waals surface area contributed by atoms with Crippen LogP contribution in [0.3, 0.4) is 0 Å². The number of rotatable bonds is 4. The van der Waals surface area contributed by atoms with Gasteiger partial charge in [-0.1, -0.05) is 18.2 Å². The number of hydrogen-bond acceptors (Lipinski definition) is 3. The van der Waals surface area contributed by atoms with Crippen molar-refractivity contribution in [3.8, 4) is 0 Å². The third-order valence-electron chi connectivity index (χ3n) is 1.94. The molecule has 0 heterocycles. The maximum absolute atomic E-state index is 5.43. The Balaban J connectivity index is 2.41. The van der Waals surface area contributed by atoms with Crippen LogP contribution in [0.2, 0.25) is 0 Å². The molecule has 0 bridgehead atoms. The standard InChI is InChI=1S/C10H17N3/c1-8-4-2-3-5-9(8)13-7-6-10(11)12/h2-5,10,13H,6-7,11-12H2,1H3. The lowest BCUT2D eigenvalue weighted by Crippen LogP contribution is -2.32. The van der Waals surface area contributed by atoms with E-state index < -0.39 is 0 Å². The second-order valence-corrected chi connectivity index (χ2v) is 3.19. The highest BCUT2D eigenvalue weighted by Crippen LogP contribution is 2.12. The predicted molar refractivity (Wildman–Crippen MR) is 56.4 cm³/mol. The van der Waals surface area contributed by atoms with E-state index in [1.807, 2.05) is 12.1 Å². The van der Waals surface area contributed by atoms with Crippen molar-refractivity contribution < 1.29 is 0 Å². The summed E-state index contributed by atoms with van der Waals surface area (Å²) in [6, 6.07) is 8.16. The number of aryl methyl sites for hydroxylation is 1. The van der Waals surface area contributed by atoms with Crippen LogP contribution in [0.15, 0.2) is 24.3 Å². The number of nitrogens with one attached hydrogen (secondary N) is 1. The largest absolute Gasteiger partial charge is 0.385 e. The summed E-state index contributed by atoms with van der Waals surface area (Å²) in [4.78, 5) is 0. The Morgan fingerprint density at radius 2 is 2.00 bits per heavy atom. The topological polar surface area (TPSA) is 64.1 Å². The Hall–Kier alpha value is -1.06. The summed E-state index contributed by atoms with van der Waals surface area (Å²) in [5.41, 5.74) is 13.3. The molecule has 0 aromatic heterocycles. The van der Waals surface area contributed by atoms with Gasteiger partial charge in [-0.3, -0.25) is 0 Å². The van der Waals surface area contributed by atoms with Crippen LogP contribution in [-0.4, -0.2) is 12.7 Å². The van der Waals surface area contributed by atoms with Gasteiger partial charge in [-0.15, -0.1) is 0 Å². The van der Waals surface area contributed by atoms with E-state index >= 15 is 0 Å². The van der Waals surface area contributed by atoms with E-state index in [9.17, 15) is 0 Å². The zero-order valence-electron chi connectivity index (χ0n) is 7.96. The predicted octanol–water partition coefficient (Wildman–Crippen LogP) is 1.04. The summed E-state index contributed by atoms with van der Waals surface area (Å²) in [5.74, 6) is 0. The second kappa shape index (κ2) is 4.84. The van der Waals surface area contributed by atoms with Crippen molar-refractivity contribution in [2.75, 3.05) is 11.9 Å². The molecule has 0 aliphatic rings. The van der Waals surface area contributed by atoms with Crippen molar-refractivity contribution in [1.29, 1.82) is 0 Å². The molecule has 1 aromatic carbocycles. The lowest BCUT2D eigenvalue weighted by molar-refractivity contribution is 0.661. The number of anilines is 1. The summed E-state index contributed by atoms with van der Waals surface area (Å²) >= 11 is 0. The van der Waals surface area contributed by atoms with Gasteiger partial charge in [-0.05, 0) is 25.0 Å². The van der Waals surface area contributed by atoms with Crippen molar-refractivity contribution in [3.63, 3.8) is 0 Å². The van der Waals surface area contributed by atoms with Gasteiger partial charge in [0.05, 0.1) is 6.17 Å². The normalized spacial score (nSPS) is 10.5. The monoisotopic (exact) mass is 179 g/mol. The Morgan fingerprint density at radius 1 is 1.31 bits per heavy atom. The Morgan fingerprint density at radius 3 is 2.62 bits per heavy atom. The molecule has 0 amide bonds. The fourth-order valence-electron chi connectivity index (χ4n) is 1.14. The zero-order valence-corrected chi connectivity index (χ0v) is 7.96. The average Bonchev–Trinajstić information content (AvgIpc) is 2.08. The Bertz CT molecular complexity index is 258. The first-order valence-electron chi connectivity index (χ1n) is 4.51. The van der Waals surface area contributed by atoms with Gasteiger partial charge in [-0.2, -0.15) is 0 Å². The minimum absolute atomic E-state index is 0.225. The van der Waals surface area contributed by atoms with Gasteiger partial charge in [-0.25, -0.2) is 0 Å². The van der Waals surface area contributed by atoms with E-state index in [2.05, 4.69) is 24.4 Å². The highest BCUT2D eigenvalue weighted by Gasteiger charge is 1.96. The van der Waals surface area contributed by atoms with Crippen LogP contribution >= 0.6 is 0 Å². The van der Waals surface area contributed by atoms with Crippen LogP contribution < -0.4 is 16.8 Å². The van der Waals surface area contributed by atoms with Crippen molar-refractivity contribution in [2.24, 2.45) is 11.5 Å². The zero-order chi connectivity index (χ0) is 9.68. The van der Waals surface area contributed by atoms with Crippen molar-refractivity contribution in [2.45, 2.75) is 19.5 Å². The van der Waals surface area contributed by atoms with Gasteiger partial charge in [0.25, 0.3) is 0 Å². The molecule has 0 spiro atoms. The fraction of sp³-hybridized carbons (Fsp3) is 0.400. The Labute approximate surface area is 79.1 Å². The summed E-state index contributed by atoms with van der Waals surface area (Å²) in [7, 11) is 0. The molecule has 3 heteroatoms. The summed E-state index contributed by atoms with van der Waals surface area (Å²) in [6.45, 7) is 2.90. The third-order valence-corrected chi connectivity index (χ3v) is 1.94. The highest BCUT2D eigenvalue weighted by molar-refractivity contribution is 5.50. The molecule has 0 saturated carbocycles. The maximum atomic E-state index is 5.43. The molecule has 0 aliphatic carbocycles. The molecule has 5 N–H and O–H groups in total. The van der Waals surface area contributed by atoms with Crippen LogP contribution in [0.4, 0.5) is 5.69 Å². The van der Waals surface area contributed by atoms with Crippen LogP contribution in [0.1, 0.15) is 12.0 Å². The molecule has 1 aromatic rings. The number of para-hydroxylation sites is 1. The molecular weight excluding hydrogens is 162 g/mol. The average molecular weight is 179 g/mol. The molecule has 0 radical (unpaired) electrons. The van der Waals surface area contributed by atoms with Gasteiger partial charge >= 0.3 is 0 Å². The highest BCUT2D eigenvalue weighted by atomic mass is 14.9. The molecule has 0 atom stereocenters. The van der Waals surface area contributed by atoms with Crippen molar-refractivity contribution >= 4 is 5.69 Å². The minimum Gasteiger partial charge on any atom is -0.385 e. The first-order chi connectivity index (χ1) is 6.20.